The van der Waals surface area contributed by atoms with Gasteiger partial charge in [0, 0.05) is 6.54 Å². The molecule has 1 heterocycles. The molecule has 1 atom stereocenters. The number of aryl methyl sites for hydroxylation is 1. The summed E-state index contributed by atoms with van der Waals surface area (Å²) in [6.45, 7) is 1.73. The van der Waals surface area contributed by atoms with Gasteiger partial charge in [-0.2, -0.15) is 4.31 Å². The Balaban J connectivity index is 2.44. The molecule has 1 aromatic rings. The van der Waals surface area contributed by atoms with Gasteiger partial charge in [-0.1, -0.05) is 0 Å². The van der Waals surface area contributed by atoms with Crippen molar-refractivity contribution in [3.63, 3.8) is 0 Å². The van der Waals surface area contributed by atoms with Crippen LogP contribution >= 0.6 is 0 Å². The second kappa shape index (κ2) is 4.90. The summed E-state index contributed by atoms with van der Waals surface area (Å²) in [4.78, 5) is 10.8. The Kier molecular flexibility index (Phi) is 3.60. The highest BCUT2D eigenvalue weighted by Crippen LogP contribution is 2.27. The van der Waals surface area contributed by atoms with Crippen molar-refractivity contribution in [3.05, 3.63) is 29.6 Å². The molecule has 19 heavy (non-hydrogen) atoms. The first-order chi connectivity index (χ1) is 8.82. The molecule has 0 spiro atoms. The third-order valence-corrected chi connectivity index (χ3v) is 5.00. The van der Waals surface area contributed by atoms with Crippen LogP contribution in [0.4, 0.5) is 4.39 Å². The highest BCUT2D eigenvalue weighted by molar-refractivity contribution is 7.89. The minimum Gasteiger partial charge on any atom is -0.480 e. The Bertz CT molecular complexity index is 594. The standard InChI is InChI=1S/C12H14FNO4S/c1-8-5-9(13)7-10(6-8)19(17,18)14-4-2-3-11(14)12(15)16/h5-7,11H,2-4H2,1H3,(H,15,16)/t11-/m0/s1. The van der Waals surface area contributed by atoms with Crippen molar-refractivity contribution in [1.82, 2.24) is 4.31 Å². The number of carboxylic acids is 1. The Morgan fingerprint density at radius 2 is 2.11 bits per heavy atom. The second-order valence-corrected chi connectivity index (χ2v) is 6.47. The van der Waals surface area contributed by atoms with Gasteiger partial charge in [0.2, 0.25) is 10.0 Å². The molecular formula is C12H14FNO4S. The lowest BCUT2D eigenvalue weighted by atomic mass is 10.2. The molecule has 0 aromatic heterocycles. The Morgan fingerprint density at radius 3 is 2.68 bits per heavy atom. The number of aliphatic carboxylic acids is 1. The van der Waals surface area contributed by atoms with Crippen LogP contribution in [0.15, 0.2) is 23.1 Å². The summed E-state index contributed by atoms with van der Waals surface area (Å²) < 4.78 is 38.9. The van der Waals surface area contributed by atoms with Gasteiger partial charge in [0.25, 0.3) is 0 Å². The number of rotatable bonds is 3. The third-order valence-electron chi connectivity index (χ3n) is 3.11. The van der Waals surface area contributed by atoms with E-state index in [1.54, 1.807) is 6.92 Å². The number of nitrogens with zero attached hydrogens (tertiary/aromatic N) is 1. The largest absolute Gasteiger partial charge is 0.480 e. The van der Waals surface area contributed by atoms with Crippen LogP contribution in [0.2, 0.25) is 0 Å². The zero-order chi connectivity index (χ0) is 14.2. The molecule has 2 rings (SSSR count). The van der Waals surface area contributed by atoms with Crippen molar-refractivity contribution in [2.24, 2.45) is 0 Å². The van der Waals surface area contributed by atoms with E-state index in [0.717, 1.165) is 10.4 Å². The van der Waals surface area contributed by atoms with Crippen LogP contribution in [0.1, 0.15) is 18.4 Å². The first-order valence-corrected chi connectivity index (χ1v) is 7.28. The summed E-state index contributed by atoms with van der Waals surface area (Å²) in [5.41, 5.74) is 0.477. The average Bonchev–Trinajstić information content (AvgIpc) is 2.76. The van der Waals surface area contributed by atoms with Crippen LogP contribution in [0.5, 0.6) is 0 Å². The van der Waals surface area contributed by atoms with E-state index in [2.05, 4.69) is 0 Å². The Labute approximate surface area is 110 Å². The van der Waals surface area contributed by atoms with Crippen LogP contribution in [-0.2, 0) is 14.8 Å². The van der Waals surface area contributed by atoms with Crippen LogP contribution < -0.4 is 0 Å². The topological polar surface area (TPSA) is 74.7 Å². The number of benzene rings is 1. The van der Waals surface area contributed by atoms with Gasteiger partial charge in [-0.15, -0.1) is 0 Å². The fraction of sp³-hybridized carbons (Fsp3) is 0.417. The summed E-state index contributed by atoms with van der Waals surface area (Å²) in [6.07, 6.45) is 0.771. The number of hydrogen-bond donors (Lipinski definition) is 1. The molecule has 0 amide bonds. The van der Waals surface area contributed by atoms with Gasteiger partial charge in [0.05, 0.1) is 4.90 Å². The first kappa shape index (κ1) is 14.0. The van der Waals surface area contributed by atoms with E-state index < -0.39 is 27.9 Å². The highest BCUT2D eigenvalue weighted by atomic mass is 32.2. The molecule has 1 fully saturated rings. The van der Waals surface area contributed by atoms with Gasteiger partial charge >= 0.3 is 5.97 Å². The minimum absolute atomic E-state index is 0.148. The SMILES string of the molecule is Cc1cc(F)cc(S(=O)(=O)N2CCC[C@H]2C(=O)O)c1. The smallest absolute Gasteiger partial charge is 0.322 e. The maximum atomic E-state index is 13.3. The first-order valence-electron chi connectivity index (χ1n) is 5.84. The fourth-order valence-electron chi connectivity index (χ4n) is 2.26. The Hall–Kier alpha value is -1.47. The van der Waals surface area contributed by atoms with Gasteiger partial charge in [0.15, 0.2) is 0 Å². The molecule has 104 valence electrons. The van der Waals surface area contributed by atoms with Crippen LogP contribution in [-0.4, -0.2) is 36.4 Å². The molecule has 0 aliphatic carbocycles. The fourth-order valence-corrected chi connectivity index (χ4v) is 4.03. The van der Waals surface area contributed by atoms with E-state index in [-0.39, 0.29) is 17.9 Å². The van der Waals surface area contributed by atoms with E-state index in [0.29, 0.717) is 12.0 Å². The van der Waals surface area contributed by atoms with E-state index >= 15 is 0 Å². The predicted octanol–water partition coefficient (Wildman–Crippen LogP) is 1.37. The third kappa shape index (κ3) is 2.62. The maximum absolute atomic E-state index is 13.3. The van der Waals surface area contributed by atoms with Crippen LogP contribution in [0, 0.1) is 12.7 Å². The maximum Gasteiger partial charge on any atom is 0.322 e. The molecule has 1 N–H and O–H groups in total. The van der Waals surface area contributed by atoms with E-state index in [9.17, 15) is 17.6 Å². The van der Waals surface area contributed by atoms with Gasteiger partial charge in [-0.05, 0) is 43.5 Å². The van der Waals surface area contributed by atoms with Gasteiger partial charge in [0.1, 0.15) is 11.9 Å². The molecule has 1 aliphatic rings. The van der Waals surface area contributed by atoms with Crippen molar-refractivity contribution in [1.29, 1.82) is 0 Å². The lowest BCUT2D eigenvalue weighted by Crippen LogP contribution is -2.40. The Morgan fingerprint density at radius 1 is 1.42 bits per heavy atom. The van der Waals surface area contributed by atoms with Crippen molar-refractivity contribution in [3.8, 4) is 0 Å². The summed E-state index contributed by atoms with van der Waals surface area (Å²) in [5.74, 6) is -1.82. The summed E-state index contributed by atoms with van der Waals surface area (Å²) in [7, 11) is -3.97. The van der Waals surface area contributed by atoms with Crippen molar-refractivity contribution < 1.29 is 22.7 Å². The number of halogens is 1. The molecule has 0 unspecified atom stereocenters. The quantitative estimate of drug-likeness (QED) is 0.911. The average molecular weight is 287 g/mol. The van der Waals surface area contributed by atoms with Crippen molar-refractivity contribution in [2.75, 3.05) is 6.54 Å². The molecule has 0 radical (unpaired) electrons. The summed E-state index contributed by atoms with van der Waals surface area (Å²) >= 11 is 0. The number of hydrogen-bond acceptors (Lipinski definition) is 3. The molecule has 1 saturated heterocycles. The molecule has 5 nitrogen and oxygen atoms in total. The number of carbonyl (C=O) groups is 1. The lowest BCUT2D eigenvalue weighted by molar-refractivity contribution is -0.140. The van der Waals surface area contributed by atoms with Crippen LogP contribution in [0.3, 0.4) is 0 Å². The van der Waals surface area contributed by atoms with Crippen LogP contribution in [0.25, 0.3) is 0 Å². The predicted molar refractivity (Wildman–Crippen MR) is 65.7 cm³/mol. The molecule has 7 heteroatoms. The summed E-state index contributed by atoms with van der Waals surface area (Å²) in [6, 6.07) is 2.42. The monoisotopic (exact) mass is 287 g/mol. The zero-order valence-electron chi connectivity index (χ0n) is 10.3. The summed E-state index contributed by atoms with van der Waals surface area (Å²) in [5, 5.41) is 9.02. The molecule has 0 bridgehead atoms. The zero-order valence-corrected chi connectivity index (χ0v) is 11.2. The molecule has 1 aliphatic heterocycles. The van der Waals surface area contributed by atoms with Gasteiger partial charge < -0.3 is 5.11 Å². The van der Waals surface area contributed by atoms with E-state index in [4.69, 9.17) is 5.11 Å². The highest BCUT2D eigenvalue weighted by Gasteiger charge is 2.39. The number of sulfonamides is 1. The molecule has 1 aromatic carbocycles. The molecule has 0 saturated carbocycles. The van der Waals surface area contributed by atoms with Gasteiger partial charge in [-0.25, -0.2) is 12.8 Å². The van der Waals surface area contributed by atoms with Gasteiger partial charge in [-0.3, -0.25) is 4.79 Å². The van der Waals surface area contributed by atoms with Crippen molar-refractivity contribution >= 4 is 16.0 Å². The number of carboxylic acid groups (broad SMARTS) is 1. The molecular weight excluding hydrogens is 273 g/mol. The minimum atomic E-state index is -3.97. The van der Waals surface area contributed by atoms with E-state index in [1.165, 1.54) is 12.1 Å². The second-order valence-electron chi connectivity index (χ2n) is 4.58. The normalized spacial score (nSPS) is 20.6. The van der Waals surface area contributed by atoms with Crippen molar-refractivity contribution in [2.45, 2.75) is 30.7 Å². The van der Waals surface area contributed by atoms with E-state index in [1.807, 2.05) is 0 Å². The lowest BCUT2D eigenvalue weighted by Gasteiger charge is -2.21.